The van der Waals surface area contributed by atoms with E-state index in [0.717, 1.165) is 17.3 Å². The number of halogens is 1. The Labute approximate surface area is 83.1 Å². The Balaban J connectivity index is 2.18. The summed E-state index contributed by atoms with van der Waals surface area (Å²) < 4.78 is 0. The Morgan fingerprint density at radius 1 is 1.54 bits per heavy atom. The van der Waals surface area contributed by atoms with Crippen LogP contribution in [-0.2, 0) is 0 Å². The molecule has 2 atom stereocenters. The molecule has 1 aromatic rings. The van der Waals surface area contributed by atoms with Crippen molar-refractivity contribution in [2.75, 3.05) is 11.1 Å². The molecule has 1 aliphatic carbocycles. The van der Waals surface area contributed by atoms with Crippen molar-refractivity contribution < 1.29 is 0 Å². The van der Waals surface area contributed by atoms with Crippen LogP contribution in [0.3, 0.4) is 0 Å². The normalized spacial score (nSPS) is 25.7. The molecule has 3 N–H and O–H groups in total. The lowest BCUT2D eigenvalue weighted by Crippen LogP contribution is -2.06. The van der Waals surface area contributed by atoms with E-state index in [9.17, 15) is 0 Å². The number of rotatable bonds is 2. The van der Waals surface area contributed by atoms with Gasteiger partial charge in [0, 0.05) is 6.04 Å². The zero-order chi connectivity index (χ0) is 9.42. The molecule has 0 spiro atoms. The highest BCUT2D eigenvalue weighted by atomic mass is 35.5. The van der Waals surface area contributed by atoms with E-state index in [1.807, 2.05) is 18.2 Å². The largest absolute Gasteiger partial charge is 0.397 e. The predicted molar refractivity (Wildman–Crippen MR) is 57.1 cm³/mol. The quantitative estimate of drug-likeness (QED) is 0.714. The van der Waals surface area contributed by atoms with Crippen molar-refractivity contribution in [3.05, 3.63) is 23.2 Å². The number of para-hydroxylation sites is 1. The monoisotopic (exact) mass is 196 g/mol. The van der Waals surface area contributed by atoms with Crippen LogP contribution in [0.1, 0.15) is 13.3 Å². The number of benzene rings is 1. The van der Waals surface area contributed by atoms with Gasteiger partial charge in [0.15, 0.2) is 0 Å². The lowest BCUT2D eigenvalue weighted by atomic mass is 10.2. The van der Waals surface area contributed by atoms with E-state index >= 15 is 0 Å². The number of nitrogens with one attached hydrogen (secondary N) is 1. The van der Waals surface area contributed by atoms with Crippen LogP contribution >= 0.6 is 11.6 Å². The third-order valence-electron chi connectivity index (χ3n) is 2.49. The molecule has 13 heavy (non-hydrogen) atoms. The number of nitrogen functional groups attached to an aromatic ring is 1. The van der Waals surface area contributed by atoms with Gasteiger partial charge in [0.1, 0.15) is 0 Å². The van der Waals surface area contributed by atoms with Crippen LogP contribution in [0, 0.1) is 5.92 Å². The molecule has 0 heterocycles. The van der Waals surface area contributed by atoms with Crippen LogP contribution < -0.4 is 11.1 Å². The summed E-state index contributed by atoms with van der Waals surface area (Å²) in [7, 11) is 0. The molecule has 0 saturated heterocycles. The van der Waals surface area contributed by atoms with Crippen LogP contribution in [0.5, 0.6) is 0 Å². The first-order chi connectivity index (χ1) is 6.18. The van der Waals surface area contributed by atoms with Gasteiger partial charge >= 0.3 is 0 Å². The minimum Gasteiger partial charge on any atom is -0.397 e. The fourth-order valence-electron chi connectivity index (χ4n) is 1.40. The first kappa shape index (κ1) is 8.70. The van der Waals surface area contributed by atoms with Crippen LogP contribution in [0.15, 0.2) is 18.2 Å². The Bertz CT molecular complexity index is 304. The van der Waals surface area contributed by atoms with E-state index in [-0.39, 0.29) is 0 Å². The van der Waals surface area contributed by atoms with Crippen molar-refractivity contribution in [2.45, 2.75) is 19.4 Å². The van der Waals surface area contributed by atoms with E-state index in [2.05, 4.69) is 12.2 Å². The summed E-state index contributed by atoms with van der Waals surface area (Å²) in [6, 6.07) is 6.13. The van der Waals surface area contributed by atoms with Crippen LogP contribution in [0.4, 0.5) is 11.4 Å². The van der Waals surface area contributed by atoms with Crippen molar-refractivity contribution in [1.29, 1.82) is 0 Å². The molecule has 0 aliphatic heterocycles. The zero-order valence-electron chi connectivity index (χ0n) is 7.55. The summed E-state index contributed by atoms with van der Waals surface area (Å²) in [5.41, 5.74) is 7.41. The van der Waals surface area contributed by atoms with Crippen LogP contribution in [0.25, 0.3) is 0 Å². The van der Waals surface area contributed by atoms with E-state index in [1.54, 1.807) is 0 Å². The van der Waals surface area contributed by atoms with E-state index < -0.39 is 0 Å². The molecule has 0 radical (unpaired) electrons. The molecule has 3 heteroatoms. The summed E-state index contributed by atoms with van der Waals surface area (Å²) in [6.07, 6.45) is 1.21. The van der Waals surface area contributed by atoms with Gasteiger partial charge in [-0.1, -0.05) is 24.6 Å². The molecule has 1 aliphatic rings. The molecule has 2 nitrogen and oxygen atoms in total. The van der Waals surface area contributed by atoms with Gasteiger partial charge in [-0.15, -0.1) is 0 Å². The second-order valence-electron chi connectivity index (χ2n) is 3.67. The molecule has 0 bridgehead atoms. The summed E-state index contributed by atoms with van der Waals surface area (Å²) in [5.74, 6) is 0.746. The smallest absolute Gasteiger partial charge is 0.0765 e. The topological polar surface area (TPSA) is 38.0 Å². The highest BCUT2D eigenvalue weighted by Gasteiger charge is 2.33. The zero-order valence-corrected chi connectivity index (χ0v) is 8.31. The van der Waals surface area contributed by atoms with Crippen molar-refractivity contribution >= 4 is 23.0 Å². The molecule has 0 aromatic heterocycles. The van der Waals surface area contributed by atoms with Gasteiger partial charge in [-0.2, -0.15) is 0 Å². The summed E-state index contributed by atoms with van der Waals surface area (Å²) >= 11 is 6.01. The van der Waals surface area contributed by atoms with Gasteiger partial charge in [-0.25, -0.2) is 0 Å². The second-order valence-corrected chi connectivity index (χ2v) is 4.08. The molecule has 1 saturated carbocycles. The maximum atomic E-state index is 6.01. The Morgan fingerprint density at radius 2 is 2.23 bits per heavy atom. The molecular formula is C10H13ClN2. The lowest BCUT2D eigenvalue weighted by Gasteiger charge is -2.09. The molecule has 2 unspecified atom stereocenters. The van der Waals surface area contributed by atoms with Crippen molar-refractivity contribution in [2.24, 2.45) is 5.92 Å². The van der Waals surface area contributed by atoms with Gasteiger partial charge in [-0.3, -0.25) is 0 Å². The Morgan fingerprint density at radius 3 is 2.77 bits per heavy atom. The molecule has 2 rings (SSSR count). The van der Waals surface area contributed by atoms with E-state index in [1.165, 1.54) is 6.42 Å². The second kappa shape index (κ2) is 3.11. The van der Waals surface area contributed by atoms with Crippen LogP contribution in [-0.4, -0.2) is 6.04 Å². The van der Waals surface area contributed by atoms with Gasteiger partial charge in [-0.05, 0) is 24.5 Å². The summed E-state index contributed by atoms with van der Waals surface area (Å²) in [6.45, 7) is 2.21. The number of hydrogen-bond donors (Lipinski definition) is 2. The predicted octanol–water partition coefficient (Wildman–Crippen LogP) is 2.74. The summed E-state index contributed by atoms with van der Waals surface area (Å²) in [4.78, 5) is 0. The third kappa shape index (κ3) is 1.73. The number of nitrogens with two attached hydrogens (primary N) is 1. The minimum absolute atomic E-state index is 0.558. The third-order valence-corrected chi connectivity index (χ3v) is 2.80. The maximum Gasteiger partial charge on any atom is 0.0765 e. The fourth-order valence-corrected chi connectivity index (χ4v) is 1.64. The first-order valence-electron chi connectivity index (χ1n) is 4.49. The molecular weight excluding hydrogens is 184 g/mol. The van der Waals surface area contributed by atoms with Crippen LogP contribution in [0.2, 0.25) is 5.02 Å². The van der Waals surface area contributed by atoms with Crippen molar-refractivity contribution in [3.8, 4) is 0 Å². The van der Waals surface area contributed by atoms with Crippen molar-refractivity contribution in [3.63, 3.8) is 0 Å². The van der Waals surface area contributed by atoms with E-state index in [4.69, 9.17) is 17.3 Å². The maximum absolute atomic E-state index is 6.01. The Kier molecular flexibility index (Phi) is 2.08. The average molecular weight is 197 g/mol. The van der Waals surface area contributed by atoms with Gasteiger partial charge in [0.05, 0.1) is 16.4 Å². The first-order valence-corrected chi connectivity index (χ1v) is 4.87. The molecule has 70 valence electrons. The van der Waals surface area contributed by atoms with Gasteiger partial charge < -0.3 is 11.1 Å². The van der Waals surface area contributed by atoms with Gasteiger partial charge in [0.25, 0.3) is 0 Å². The SMILES string of the molecule is CC1CC1Nc1c(N)cccc1Cl. The number of anilines is 2. The number of hydrogen-bond acceptors (Lipinski definition) is 2. The van der Waals surface area contributed by atoms with Gasteiger partial charge in [0.2, 0.25) is 0 Å². The Hall–Kier alpha value is -0.890. The highest BCUT2D eigenvalue weighted by molar-refractivity contribution is 6.33. The molecule has 1 fully saturated rings. The standard InChI is InChI=1S/C10H13ClN2/c1-6-5-9(6)13-10-7(11)3-2-4-8(10)12/h2-4,6,9,13H,5,12H2,1H3. The summed E-state index contributed by atoms with van der Waals surface area (Å²) in [5, 5.41) is 4.05. The molecule has 0 amide bonds. The fraction of sp³-hybridized carbons (Fsp3) is 0.400. The minimum atomic E-state index is 0.558. The molecule has 1 aromatic carbocycles. The highest BCUT2D eigenvalue weighted by Crippen LogP contribution is 2.37. The van der Waals surface area contributed by atoms with Crippen molar-refractivity contribution in [1.82, 2.24) is 0 Å². The van der Waals surface area contributed by atoms with E-state index in [0.29, 0.717) is 11.1 Å². The lowest BCUT2D eigenvalue weighted by molar-refractivity contribution is 0.930. The average Bonchev–Trinajstić information content (AvgIpc) is 2.75.